The second-order valence-corrected chi connectivity index (χ2v) is 6.28. The van der Waals surface area contributed by atoms with Gasteiger partial charge >= 0.3 is 0 Å². The van der Waals surface area contributed by atoms with E-state index in [4.69, 9.17) is 0 Å². The lowest BCUT2D eigenvalue weighted by atomic mass is 9.80. The number of hydrogen-bond acceptors (Lipinski definition) is 3. The standard InChI is InChI=1S/C16H25N3O/c1-11-5-7-14(12(2)9-11)18-15-8-6-13(10-17-15)16(20)19(3)4/h6,8,10-12,14H,5,7,9H2,1-4H3,(H,17,18). The number of nitrogens with one attached hydrogen (secondary N) is 1. The van der Waals surface area contributed by atoms with Gasteiger partial charge in [-0.25, -0.2) is 4.98 Å². The molecule has 20 heavy (non-hydrogen) atoms. The summed E-state index contributed by atoms with van der Waals surface area (Å²) in [6.07, 6.45) is 5.40. The highest BCUT2D eigenvalue weighted by atomic mass is 16.2. The molecule has 1 aromatic heterocycles. The van der Waals surface area contributed by atoms with Gasteiger partial charge in [-0.05, 0) is 43.2 Å². The van der Waals surface area contributed by atoms with Crippen LogP contribution in [0.1, 0.15) is 43.5 Å². The number of amides is 1. The smallest absolute Gasteiger partial charge is 0.254 e. The summed E-state index contributed by atoms with van der Waals surface area (Å²) in [5, 5.41) is 3.51. The Morgan fingerprint density at radius 2 is 2.05 bits per heavy atom. The molecule has 1 N–H and O–H groups in total. The minimum atomic E-state index is -0.0103. The van der Waals surface area contributed by atoms with Crippen LogP contribution in [-0.2, 0) is 0 Å². The van der Waals surface area contributed by atoms with Gasteiger partial charge in [-0.2, -0.15) is 0 Å². The second-order valence-electron chi connectivity index (χ2n) is 6.28. The van der Waals surface area contributed by atoms with E-state index < -0.39 is 0 Å². The van der Waals surface area contributed by atoms with Crippen molar-refractivity contribution in [3.05, 3.63) is 23.9 Å². The van der Waals surface area contributed by atoms with E-state index in [-0.39, 0.29) is 5.91 Å². The first-order chi connectivity index (χ1) is 9.47. The Kier molecular flexibility index (Phi) is 4.63. The third-order valence-electron chi connectivity index (χ3n) is 4.18. The molecule has 1 aliphatic rings. The Hall–Kier alpha value is -1.58. The van der Waals surface area contributed by atoms with E-state index in [1.54, 1.807) is 25.2 Å². The van der Waals surface area contributed by atoms with Gasteiger partial charge in [0.15, 0.2) is 0 Å². The number of pyridine rings is 1. The van der Waals surface area contributed by atoms with Crippen LogP contribution in [0.4, 0.5) is 5.82 Å². The van der Waals surface area contributed by atoms with E-state index in [2.05, 4.69) is 24.1 Å². The molecule has 0 spiro atoms. The van der Waals surface area contributed by atoms with Gasteiger partial charge in [0.25, 0.3) is 5.91 Å². The van der Waals surface area contributed by atoms with Crippen molar-refractivity contribution >= 4 is 11.7 Å². The lowest BCUT2D eigenvalue weighted by Gasteiger charge is -2.33. The zero-order valence-corrected chi connectivity index (χ0v) is 12.9. The summed E-state index contributed by atoms with van der Waals surface area (Å²) < 4.78 is 0. The first-order valence-corrected chi connectivity index (χ1v) is 7.41. The molecule has 3 unspecified atom stereocenters. The van der Waals surface area contributed by atoms with Crippen LogP contribution >= 0.6 is 0 Å². The Morgan fingerprint density at radius 3 is 2.60 bits per heavy atom. The monoisotopic (exact) mass is 275 g/mol. The van der Waals surface area contributed by atoms with Crippen LogP contribution in [0, 0.1) is 11.8 Å². The van der Waals surface area contributed by atoms with Crippen molar-refractivity contribution in [1.82, 2.24) is 9.88 Å². The molecule has 4 heteroatoms. The summed E-state index contributed by atoms with van der Waals surface area (Å²) in [5.74, 6) is 2.36. The molecule has 110 valence electrons. The molecule has 1 amide bonds. The average Bonchev–Trinajstić information content (AvgIpc) is 2.42. The highest BCUT2D eigenvalue weighted by molar-refractivity contribution is 5.93. The molecule has 1 fully saturated rings. The maximum absolute atomic E-state index is 11.8. The number of hydrogen-bond donors (Lipinski definition) is 1. The largest absolute Gasteiger partial charge is 0.367 e. The quantitative estimate of drug-likeness (QED) is 0.922. The summed E-state index contributed by atoms with van der Waals surface area (Å²) in [5.41, 5.74) is 0.630. The van der Waals surface area contributed by atoms with Gasteiger partial charge in [-0.1, -0.05) is 13.8 Å². The van der Waals surface area contributed by atoms with Crippen molar-refractivity contribution in [2.24, 2.45) is 11.8 Å². The van der Waals surface area contributed by atoms with Crippen molar-refractivity contribution in [2.45, 2.75) is 39.2 Å². The fourth-order valence-electron chi connectivity index (χ4n) is 2.93. The van der Waals surface area contributed by atoms with Crippen LogP contribution in [0.15, 0.2) is 18.3 Å². The molecule has 0 radical (unpaired) electrons. The molecule has 4 nitrogen and oxygen atoms in total. The van der Waals surface area contributed by atoms with Crippen LogP contribution < -0.4 is 5.32 Å². The highest BCUT2D eigenvalue weighted by Gasteiger charge is 2.25. The summed E-state index contributed by atoms with van der Waals surface area (Å²) in [6, 6.07) is 4.24. The van der Waals surface area contributed by atoms with E-state index >= 15 is 0 Å². The van der Waals surface area contributed by atoms with Crippen molar-refractivity contribution in [3.8, 4) is 0 Å². The first kappa shape index (κ1) is 14.8. The fraction of sp³-hybridized carbons (Fsp3) is 0.625. The van der Waals surface area contributed by atoms with Gasteiger partial charge in [-0.3, -0.25) is 4.79 Å². The van der Waals surface area contributed by atoms with Gasteiger partial charge in [-0.15, -0.1) is 0 Å². The fourth-order valence-corrected chi connectivity index (χ4v) is 2.93. The van der Waals surface area contributed by atoms with Crippen molar-refractivity contribution in [3.63, 3.8) is 0 Å². The lowest BCUT2D eigenvalue weighted by molar-refractivity contribution is 0.0827. The minimum absolute atomic E-state index is 0.0103. The predicted octanol–water partition coefficient (Wildman–Crippen LogP) is 3.02. The highest BCUT2D eigenvalue weighted by Crippen LogP contribution is 2.30. The Balaban J connectivity index is 1.99. The molecule has 1 heterocycles. The molecule has 1 aliphatic carbocycles. The van der Waals surface area contributed by atoms with Gasteiger partial charge in [0.05, 0.1) is 5.56 Å². The maximum Gasteiger partial charge on any atom is 0.254 e. The van der Waals surface area contributed by atoms with E-state index in [1.165, 1.54) is 19.3 Å². The summed E-state index contributed by atoms with van der Waals surface area (Å²) in [6.45, 7) is 4.63. The van der Waals surface area contributed by atoms with Gasteiger partial charge < -0.3 is 10.2 Å². The Morgan fingerprint density at radius 1 is 1.30 bits per heavy atom. The Bertz CT molecular complexity index is 455. The molecule has 2 rings (SSSR count). The number of carbonyl (C=O) groups is 1. The lowest BCUT2D eigenvalue weighted by Crippen LogP contribution is -2.33. The second kappa shape index (κ2) is 6.25. The van der Waals surface area contributed by atoms with E-state index in [9.17, 15) is 4.79 Å². The Labute approximate surface area is 121 Å². The SMILES string of the molecule is CC1CCC(Nc2ccc(C(=O)N(C)C)cn2)C(C)C1. The van der Waals surface area contributed by atoms with Crippen LogP contribution in [-0.4, -0.2) is 35.9 Å². The predicted molar refractivity (Wildman–Crippen MR) is 81.8 cm³/mol. The third kappa shape index (κ3) is 3.50. The van der Waals surface area contributed by atoms with E-state index in [0.29, 0.717) is 17.5 Å². The molecule has 0 saturated heterocycles. The topological polar surface area (TPSA) is 45.2 Å². The average molecular weight is 275 g/mol. The molecule has 3 atom stereocenters. The van der Waals surface area contributed by atoms with Crippen molar-refractivity contribution in [2.75, 3.05) is 19.4 Å². The van der Waals surface area contributed by atoms with Crippen LogP contribution in [0.3, 0.4) is 0 Å². The zero-order valence-electron chi connectivity index (χ0n) is 12.9. The summed E-state index contributed by atoms with van der Waals surface area (Å²) in [4.78, 5) is 17.7. The zero-order chi connectivity index (χ0) is 14.7. The molecule has 0 bridgehead atoms. The number of carbonyl (C=O) groups excluding carboxylic acids is 1. The van der Waals surface area contributed by atoms with Crippen LogP contribution in [0.2, 0.25) is 0 Å². The van der Waals surface area contributed by atoms with Crippen LogP contribution in [0.25, 0.3) is 0 Å². The third-order valence-corrected chi connectivity index (χ3v) is 4.18. The number of aromatic nitrogens is 1. The van der Waals surface area contributed by atoms with Crippen LogP contribution in [0.5, 0.6) is 0 Å². The number of rotatable bonds is 3. The number of nitrogens with zero attached hydrogens (tertiary/aromatic N) is 2. The van der Waals surface area contributed by atoms with Gasteiger partial charge in [0.1, 0.15) is 5.82 Å². The van der Waals surface area contributed by atoms with Crippen molar-refractivity contribution < 1.29 is 4.79 Å². The molecule has 1 saturated carbocycles. The van der Waals surface area contributed by atoms with Gasteiger partial charge in [0, 0.05) is 26.3 Å². The molecule has 0 aromatic carbocycles. The molecule has 0 aliphatic heterocycles. The maximum atomic E-state index is 11.8. The van der Waals surface area contributed by atoms with E-state index in [0.717, 1.165) is 11.7 Å². The normalized spacial score (nSPS) is 26.1. The summed E-state index contributed by atoms with van der Waals surface area (Å²) >= 11 is 0. The number of anilines is 1. The summed E-state index contributed by atoms with van der Waals surface area (Å²) in [7, 11) is 3.50. The molecule has 1 aromatic rings. The van der Waals surface area contributed by atoms with E-state index in [1.807, 2.05) is 12.1 Å². The van der Waals surface area contributed by atoms with Crippen molar-refractivity contribution in [1.29, 1.82) is 0 Å². The molecular formula is C16H25N3O. The molecular weight excluding hydrogens is 250 g/mol. The first-order valence-electron chi connectivity index (χ1n) is 7.41. The van der Waals surface area contributed by atoms with Gasteiger partial charge in [0.2, 0.25) is 0 Å². The minimum Gasteiger partial charge on any atom is -0.367 e.